The average Bonchev–Trinajstić information content (AvgIpc) is 2.51. The van der Waals surface area contributed by atoms with Crippen LogP contribution in [-0.2, 0) is 13.0 Å². The molecular weight excluding hydrogens is 162 g/mol. The minimum atomic E-state index is 0.786. The fraction of sp³-hybridized carbons (Fsp3) is 0.800. The second kappa shape index (κ2) is 5.00. The number of nitrogens with zero attached hydrogens (tertiary/aromatic N) is 3. The molecule has 0 aliphatic rings. The zero-order valence-electron chi connectivity index (χ0n) is 8.82. The molecule has 0 bridgehead atoms. The van der Waals surface area contributed by atoms with Crippen molar-refractivity contribution in [2.45, 2.75) is 46.6 Å². The van der Waals surface area contributed by atoms with E-state index in [1.54, 1.807) is 0 Å². The highest BCUT2D eigenvalue weighted by Crippen LogP contribution is 2.06. The zero-order valence-corrected chi connectivity index (χ0v) is 8.82. The number of hydrogen-bond donors (Lipinski definition) is 0. The molecule has 74 valence electrons. The van der Waals surface area contributed by atoms with Gasteiger partial charge >= 0.3 is 0 Å². The van der Waals surface area contributed by atoms with Crippen molar-refractivity contribution in [3.05, 3.63) is 11.9 Å². The summed E-state index contributed by atoms with van der Waals surface area (Å²) in [5, 5.41) is 7.95. The van der Waals surface area contributed by atoms with Crippen LogP contribution in [0.1, 0.15) is 39.3 Å². The van der Waals surface area contributed by atoms with E-state index in [4.69, 9.17) is 0 Å². The van der Waals surface area contributed by atoms with Crippen LogP contribution in [0.25, 0.3) is 0 Å². The average molecular weight is 181 g/mol. The van der Waals surface area contributed by atoms with Gasteiger partial charge in [-0.3, -0.25) is 0 Å². The van der Waals surface area contributed by atoms with Crippen LogP contribution in [0.15, 0.2) is 6.20 Å². The smallest absolute Gasteiger partial charge is 0.0725 e. The van der Waals surface area contributed by atoms with Crippen LogP contribution in [0.5, 0.6) is 0 Å². The van der Waals surface area contributed by atoms with Gasteiger partial charge in [-0.15, -0.1) is 5.10 Å². The molecule has 1 rings (SSSR count). The predicted octanol–water partition coefficient (Wildman–Crippen LogP) is 2.28. The van der Waals surface area contributed by atoms with E-state index in [0.29, 0.717) is 0 Å². The summed E-state index contributed by atoms with van der Waals surface area (Å²) in [5.41, 5.74) is 1.24. The highest BCUT2D eigenvalue weighted by Gasteiger charge is 2.01. The first kappa shape index (κ1) is 10.2. The van der Waals surface area contributed by atoms with E-state index >= 15 is 0 Å². The lowest BCUT2D eigenvalue weighted by Crippen LogP contribution is -2.05. The van der Waals surface area contributed by atoms with Gasteiger partial charge in [0.05, 0.1) is 11.9 Å². The van der Waals surface area contributed by atoms with Gasteiger partial charge < -0.3 is 0 Å². The minimum absolute atomic E-state index is 0.786. The van der Waals surface area contributed by atoms with Gasteiger partial charge in [-0.05, 0) is 25.2 Å². The Labute approximate surface area is 80.1 Å². The Morgan fingerprint density at radius 2 is 2.23 bits per heavy atom. The zero-order chi connectivity index (χ0) is 9.68. The summed E-state index contributed by atoms with van der Waals surface area (Å²) in [6, 6.07) is 0. The molecule has 3 nitrogen and oxygen atoms in total. The molecule has 0 fully saturated rings. The highest BCUT2D eigenvalue weighted by atomic mass is 15.4. The SMILES string of the molecule is CCc1cnnn1CCCC(C)C. The normalized spacial score (nSPS) is 11.1. The van der Waals surface area contributed by atoms with Crippen molar-refractivity contribution < 1.29 is 0 Å². The third-order valence-corrected chi connectivity index (χ3v) is 2.21. The van der Waals surface area contributed by atoms with Crippen LogP contribution in [0.3, 0.4) is 0 Å². The first-order chi connectivity index (χ1) is 6.24. The molecule has 13 heavy (non-hydrogen) atoms. The molecule has 0 aliphatic heterocycles. The number of hydrogen-bond acceptors (Lipinski definition) is 2. The maximum atomic E-state index is 4.05. The van der Waals surface area contributed by atoms with Crippen LogP contribution < -0.4 is 0 Å². The van der Waals surface area contributed by atoms with Crippen molar-refractivity contribution in [1.29, 1.82) is 0 Å². The van der Waals surface area contributed by atoms with Gasteiger partial charge in [0, 0.05) is 6.54 Å². The molecular formula is C10H19N3. The van der Waals surface area contributed by atoms with E-state index < -0.39 is 0 Å². The number of aryl methyl sites for hydroxylation is 2. The molecule has 0 spiro atoms. The lowest BCUT2D eigenvalue weighted by molar-refractivity contribution is 0.474. The molecule has 0 radical (unpaired) electrons. The first-order valence-corrected chi connectivity index (χ1v) is 5.11. The standard InChI is InChI=1S/C10H19N3/c1-4-10-8-11-12-13(10)7-5-6-9(2)3/h8-9H,4-7H2,1-3H3. The number of aromatic nitrogens is 3. The van der Waals surface area contributed by atoms with Crippen molar-refractivity contribution in [3.63, 3.8) is 0 Å². The first-order valence-electron chi connectivity index (χ1n) is 5.11. The van der Waals surface area contributed by atoms with Crippen LogP contribution in [-0.4, -0.2) is 15.0 Å². The Morgan fingerprint density at radius 3 is 2.85 bits per heavy atom. The second-order valence-electron chi connectivity index (χ2n) is 3.84. The summed E-state index contributed by atoms with van der Waals surface area (Å²) in [6.45, 7) is 7.66. The summed E-state index contributed by atoms with van der Waals surface area (Å²) >= 11 is 0. The third-order valence-electron chi connectivity index (χ3n) is 2.21. The van der Waals surface area contributed by atoms with Gasteiger partial charge in [0.1, 0.15) is 0 Å². The molecule has 0 saturated carbocycles. The molecule has 0 unspecified atom stereocenters. The molecule has 1 heterocycles. The van der Waals surface area contributed by atoms with Gasteiger partial charge in [0.15, 0.2) is 0 Å². The summed E-state index contributed by atoms with van der Waals surface area (Å²) in [5.74, 6) is 0.786. The molecule has 0 saturated heterocycles. The Kier molecular flexibility index (Phi) is 3.93. The quantitative estimate of drug-likeness (QED) is 0.697. The molecule has 1 aromatic rings. The Hall–Kier alpha value is -0.860. The molecule has 0 atom stereocenters. The van der Waals surface area contributed by atoms with Crippen molar-refractivity contribution in [3.8, 4) is 0 Å². The Morgan fingerprint density at radius 1 is 1.46 bits per heavy atom. The van der Waals surface area contributed by atoms with E-state index in [9.17, 15) is 0 Å². The summed E-state index contributed by atoms with van der Waals surface area (Å²) in [6.07, 6.45) is 5.35. The molecule has 0 N–H and O–H groups in total. The summed E-state index contributed by atoms with van der Waals surface area (Å²) < 4.78 is 2.02. The fourth-order valence-electron chi connectivity index (χ4n) is 1.39. The van der Waals surface area contributed by atoms with Gasteiger partial charge in [0.25, 0.3) is 0 Å². The van der Waals surface area contributed by atoms with Crippen molar-refractivity contribution in [2.75, 3.05) is 0 Å². The van der Waals surface area contributed by atoms with E-state index in [-0.39, 0.29) is 0 Å². The van der Waals surface area contributed by atoms with Crippen LogP contribution >= 0.6 is 0 Å². The summed E-state index contributed by atoms with van der Waals surface area (Å²) in [7, 11) is 0. The van der Waals surface area contributed by atoms with Crippen LogP contribution in [0.4, 0.5) is 0 Å². The van der Waals surface area contributed by atoms with Gasteiger partial charge in [-0.25, -0.2) is 4.68 Å². The summed E-state index contributed by atoms with van der Waals surface area (Å²) in [4.78, 5) is 0. The molecule has 3 heteroatoms. The van der Waals surface area contributed by atoms with Crippen LogP contribution in [0.2, 0.25) is 0 Å². The van der Waals surface area contributed by atoms with Crippen molar-refractivity contribution in [2.24, 2.45) is 5.92 Å². The second-order valence-corrected chi connectivity index (χ2v) is 3.84. The largest absolute Gasteiger partial charge is 0.249 e. The highest BCUT2D eigenvalue weighted by molar-refractivity contribution is 4.92. The van der Waals surface area contributed by atoms with E-state index in [0.717, 1.165) is 18.9 Å². The lowest BCUT2D eigenvalue weighted by atomic mass is 10.1. The molecule has 0 amide bonds. The van der Waals surface area contributed by atoms with E-state index in [1.165, 1.54) is 18.5 Å². The van der Waals surface area contributed by atoms with Crippen molar-refractivity contribution in [1.82, 2.24) is 15.0 Å². The van der Waals surface area contributed by atoms with Gasteiger partial charge in [-0.1, -0.05) is 26.0 Å². The maximum absolute atomic E-state index is 4.05. The molecule has 1 aromatic heterocycles. The maximum Gasteiger partial charge on any atom is 0.0725 e. The number of rotatable bonds is 5. The van der Waals surface area contributed by atoms with Gasteiger partial charge in [-0.2, -0.15) is 0 Å². The van der Waals surface area contributed by atoms with Crippen molar-refractivity contribution >= 4 is 0 Å². The molecule has 0 aromatic carbocycles. The van der Waals surface area contributed by atoms with Crippen LogP contribution in [0, 0.1) is 5.92 Å². The van der Waals surface area contributed by atoms with E-state index in [1.807, 2.05) is 10.9 Å². The lowest BCUT2D eigenvalue weighted by Gasteiger charge is -2.05. The Balaban J connectivity index is 2.36. The van der Waals surface area contributed by atoms with Gasteiger partial charge in [0.2, 0.25) is 0 Å². The third kappa shape index (κ3) is 3.17. The predicted molar refractivity (Wildman–Crippen MR) is 53.5 cm³/mol. The Bertz CT molecular complexity index is 240. The fourth-order valence-corrected chi connectivity index (χ4v) is 1.39. The minimum Gasteiger partial charge on any atom is -0.249 e. The molecule has 0 aliphatic carbocycles. The monoisotopic (exact) mass is 181 g/mol. The van der Waals surface area contributed by atoms with E-state index in [2.05, 4.69) is 31.1 Å². The topological polar surface area (TPSA) is 30.7 Å².